The summed E-state index contributed by atoms with van der Waals surface area (Å²) in [5, 5.41) is 12.0. The average molecular weight is 326 g/mol. The van der Waals surface area contributed by atoms with Crippen LogP contribution in [0.1, 0.15) is 24.9 Å². The first-order chi connectivity index (χ1) is 9.83. The molecule has 3 nitrogen and oxygen atoms in total. The second-order valence-corrected chi connectivity index (χ2v) is 7.56. The zero-order valence-corrected chi connectivity index (χ0v) is 14.2. The predicted molar refractivity (Wildman–Crippen MR) is 89.9 cm³/mol. The molecule has 0 aliphatic carbocycles. The second kappa shape index (κ2) is 8.67. The van der Waals surface area contributed by atoms with Gasteiger partial charge in [-0.05, 0) is 24.8 Å². The molecule has 108 valence electrons. The van der Waals surface area contributed by atoms with E-state index in [-0.39, 0.29) is 0 Å². The van der Waals surface area contributed by atoms with Crippen molar-refractivity contribution in [1.29, 1.82) is 0 Å². The highest BCUT2D eigenvalue weighted by atomic mass is 32.2. The number of rotatable bonds is 8. The Bertz CT molecular complexity index is 501. The summed E-state index contributed by atoms with van der Waals surface area (Å²) in [5.41, 5.74) is 1.34. The zero-order valence-electron chi connectivity index (χ0n) is 11.7. The number of thioether (sulfide) groups is 2. The summed E-state index contributed by atoms with van der Waals surface area (Å²) in [5.74, 6) is 0.979. The van der Waals surface area contributed by atoms with Crippen LogP contribution in [0.15, 0.2) is 39.0 Å². The molecule has 0 fully saturated rings. The molecule has 0 bridgehead atoms. The van der Waals surface area contributed by atoms with E-state index in [1.165, 1.54) is 5.56 Å². The standard InChI is InChI=1S/C14H19N3S3/c1-3-9-15-12(11-7-5-4-6-8-11)10-19-14-17-16-13(18-2)20-14/h4-8,12,15H,3,9-10H2,1-2H3. The van der Waals surface area contributed by atoms with Crippen molar-refractivity contribution >= 4 is 34.9 Å². The third kappa shape index (κ3) is 4.77. The minimum atomic E-state index is 0.364. The van der Waals surface area contributed by atoms with Crippen LogP contribution in [0.5, 0.6) is 0 Å². The maximum Gasteiger partial charge on any atom is 0.175 e. The summed E-state index contributed by atoms with van der Waals surface area (Å²) < 4.78 is 2.08. The van der Waals surface area contributed by atoms with Gasteiger partial charge in [0.05, 0.1) is 0 Å². The molecule has 1 N–H and O–H groups in total. The number of aromatic nitrogens is 2. The van der Waals surface area contributed by atoms with Crippen LogP contribution >= 0.6 is 34.9 Å². The number of benzene rings is 1. The van der Waals surface area contributed by atoms with Crippen molar-refractivity contribution in [2.45, 2.75) is 28.1 Å². The van der Waals surface area contributed by atoms with Gasteiger partial charge in [-0.1, -0.05) is 72.1 Å². The van der Waals surface area contributed by atoms with Crippen LogP contribution < -0.4 is 5.32 Å². The Kier molecular flexibility index (Phi) is 6.86. The van der Waals surface area contributed by atoms with Gasteiger partial charge in [-0.2, -0.15) is 0 Å². The molecule has 2 rings (SSSR count). The number of hydrogen-bond acceptors (Lipinski definition) is 6. The van der Waals surface area contributed by atoms with Gasteiger partial charge in [-0.25, -0.2) is 0 Å². The van der Waals surface area contributed by atoms with E-state index < -0.39 is 0 Å². The highest BCUT2D eigenvalue weighted by molar-refractivity contribution is 8.02. The number of hydrogen-bond donors (Lipinski definition) is 1. The summed E-state index contributed by atoms with van der Waals surface area (Å²) in [7, 11) is 0. The van der Waals surface area contributed by atoms with Gasteiger partial charge in [0.2, 0.25) is 0 Å². The van der Waals surface area contributed by atoms with Crippen molar-refractivity contribution < 1.29 is 0 Å². The fourth-order valence-electron chi connectivity index (χ4n) is 1.77. The van der Waals surface area contributed by atoms with Crippen molar-refractivity contribution in [3.05, 3.63) is 35.9 Å². The van der Waals surface area contributed by atoms with E-state index in [0.29, 0.717) is 6.04 Å². The lowest BCUT2D eigenvalue weighted by molar-refractivity contribution is 0.577. The number of nitrogens with one attached hydrogen (secondary N) is 1. The lowest BCUT2D eigenvalue weighted by Gasteiger charge is -2.17. The molecule has 1 aromatic carbocycles. The Balaban J connectivity index is 1.97. The van der Waals surface area contributed by atoms with Gasteiger partial charge < -0.3 is 5.32 Å². The van der Waals surface area contributed by atoms with E-state index >= 15 is 0 Å². The summed E-state index contributed by atoms with van der Waals surface area (Å²) >= 11 is 5.10. The second-order valence-electron chi connectivity index (χ2n) is 4.27. The molecule has 0 saturated heterocycles. The van der Waals surface area contributed by atoms with Crippen LogP contribution in [-0.4, -0.2) is 28.8 Å². The number of nitrogens with zero attached hydrogens (tertiary/aromatic N) is 2. The van der Waals surface area contributed by atoms with E-state index in [0.717, 1.165) is 27.4 Å². The topological polar surface area (TPSA) is 37.8 Å². The fraction of sp³-hybridized carbons (Fsp3) is 0.429. The van der Waals surface area contributed by atoms with Crippen LogP contribution in [0.4, 0.5) is 0 Å². The average Bonchev–Trinajstić information content (AvgIpc) is 2.96. The lowest BCUT2D eigenvalue weighted by atomic mass is 10.1. The maximum absolute atomic E-state index is 4.22. The third-order valence-electron chi connectivity index (χ3n) is 2.78. The highest BCUT2D eigenvalue weighted by Crippen LogP contribution is 2.30. The van der Waals surface area contributed by atoms with E-state index in [1.54, 1.807) is 34.9 Å². The molecule has 1 atom stereocenters. The van der Waals surface area contributed by atoms with Crippen LogP contribution in [0.2, 0.25) is 0 Å². The quantitative estimate of drug-likeness (QED) is 0.740. The first-order valence-electron chi connectivity index (χ1n) is 6.62. The first kappa shape index (κ1) is 15.8. The highest BCUT2D eigenvalue weighted by Gasteiger charge is 2.12. The van der Waals surface area contributed by atoms with Crippen molar-refractivity contribution in [2.24, 2.45) is 0 Å². The van der Waals surface area contributed by atoms with Crippen LogP contribution in [0.3, 0.4) is 0 Å². The molecule has 1 unspecified atom stereocenters. The monoisotopic (exact) mass is 325 g/mol. The predicted octanol–water partition coefficient (Wildman–Crippen LogP) is 4.09. The van der Waals surface area contributed by atoms with Crippen LogP contribution in [0, 0.1) is 0 Å². The molecule has 20 heavy (non-hydrogen) atoms. The Labute approximate surface area is 133 Å². The molecule has 1 aromatic heterocycles. The Morgan fingerprint density at radius 3 is 2.60 bits per heavy atom. The summed E-state index contributed by atoms with van der Waals surface area (Å²) in [6.07, 6.45) is 3.17. The Morgan fingerprint density at radius 1 is 1.20 bits per heavy atom. The largest absolute Gasteiger partial charge is 0.309 e. The Morgan fingerprint density at radius 2 is 1.95 bits per heavy atom. The van der Waals surface area contributed by atoms with Crippen LogP contribution in [-0.2, 0) is 0 Å². The molecule has 0 amide bonds. The van der Waals surface area contributed by atoms with Gasteiger partial charge in [0.15, 0.2) is 8.68 Å². The van der Waals surface area contributed by atoms with Gasteiger partial charge in [0, 0.05) is 11.8 Å². The smallest absolute Gasteiger partial charge is 0.175 e. The van der Waals surface area contributed by atoms with Gasteiger partial charge in [0.25, 0.3) is 0 Å². The zero-order chi connectivity index (χ0) is 14.2. The van der Waals surface area contributed by atoms with Crippen molar-refractivity contribution in [3.8, 4) is 0 Å². The van der Waals surface area contributed by atoms with Crippen LogP contribution in [0.25, 0.3) is 0 Å². The Hall–Kier alpha value is -0.560. The summed E-state index contributed by atoms with van der Waals surface area (Å²) in [4.78, 5) is 0. The van der Waals surface area contributed by atoms with E-state index in [4.69, 9.17) is 0 Å². The van der Waals surface area contributed by atoms with Crippen molar-refractivity contribution in [1.82, 2.24) is 15.5 Å². The summed E-state index contributed by atoms with van der Waals surface area (Å²) in [6, 6.07) is 11.0. The fourth-order valence-corrected chi connectivity index (χ4v) is 4.33. The molecular weight excluding hydrogens is 306 g/mol. The van der Waals surface area contributed by atoms with E-state index in [1.807, 2.05) is 6.26 Å². The molecule has 0 spiro atoms. The van der Waals surface area contributed by atoms with Crippen molar-refractivity contribution in [3.63, 3.8) is 0 Å². The molecule has 0 saturated carbocycles. The van der Waals surface area contributed by atoms with E-state index in [2.05, 4.69) is 52.8 Å². The third-order valence-corrected chi connectivity index (χ3v) is 5.90. The maximum atomic E-state index is 4.22. The SMILES string of the molecule is CCCNC(CSc1nnc(SC)s1)c1ccccc1. The van der Waals surface area contributed by atoms with Gasteiger partial charge in [-0.3, -0.25) is 0 Å². The first-order valence-corrected chi connectivity index (χ1v) is 9.64. The molecule has 6 heteroatoms. The molecular formula is C14H19N3S3. The molecule has 2 aromatic rings. The van der Waals surface area contributed by atoms with Gasteiger partial charge >= 0.3 is 0 Å². The minimum Gasteiger partial charge on any atom is -0.309 e. The normalized spacial score (nSPS) is 12.5. The molecule has 0 aliphatic rings. The van der Waals surface area contributed by atoms with Gasteiger partial charge in [0.1, 0.15) is 0 Å². The lowest BCUT2D eigenvalue weighted by Crippen LogP contribution is -2.24. The van der Waals surface area contributed by atoms with Gasteiger partial charge in [-0.15, -0.1) is 10.2 Å². The van der Waals surface area contributed by atoms with Crippen molar-refractivity contribution in [2.75, 3.05) is 18.6 Å². The molecule has 0 aliphatic heterocycles. The minimum absolute atomic E-state index is 0.364. The molecule has 1 heterocycles. The summed E-state index contributed by atoms with van der Waals surface area (Å²) in [6.45, 7) is 3.23. The molecule has 0 radical (unpaired) electrons. The van der Waals surface area contributed by atoms with E-state index in [9.17, 15) is 0 Å².